The zero-order valence-corrected chi connectivity index (χ0v) is 44.3. The number of hydrogen-bond donors (Lipinski definition) is 4. The quantitative estimate of drug-likeness (QED) is 0.0393. The number of thiazole rings is 4. The van der Waals surface area contributed by atoms with E-state index in [9.17, 15) is 38.4 Å². The number of carbonyl (C=O) groups is 7. The van der Waals surface area contributed by atoms with Crippen LogP contribution in [0.3, 0.4) is 0 Å². The van der Waals surface area contributed by atoms with Crippen LogP contribution in [0, 0.1) is 11.8 Å². The number of nitrogens with zero attached hydrogens (tertiary/aromatic N) is 5. The highest BCUT2D eigenvalue weighted by atomic mass is 35.5. The number of carbonyl (C=O) groups excluding carboxylic acids is 5. The molecular formula is C47H56ClN7O10S5. The Balaban J connectivity index is 0.000000213. The molecule has 5 aromatic rings. The summed E-state index contributed by atoms with van der Waals surface area (Å²) in [7, 11) is 0. The molecular weight excluding hydrogens is 1020 g/mol. The predicted molar refractivity (Wildman–Crippen MR) is 274 cm³/mol. The molecule has 8 rings (SSSR count). The van der Waals surface area contributed by atoms with Crippen LogP contribution in [-0.2, 0) is 44.1 Å². The first kappa shape index (κ1) is 56.1. The molecule has 1 spiro atoms. The normalized spacial score (nSPS) is 14.4. The molecule has 2 fully saturated rings. The number of aromatic carboxylic acids is 2. The van der Waals surface area contributed by atoms with Gasteiger partial charge in [-0.25, -0.2) is 29.5 Å². The summed E-state index contributed by atoms with van der Waals surface area (Å²) in [6, 6.07) is 1.62. The van der Waals surface area contributed by atoms with Crippen molar-refractivity contribution in [2.24, 2.45) is 11.8 Å². The number of aryl methyl sites for hydroxylation is 1. The summed E-state index contributed by atoms with van der Waals surface area (Å²) >= 11 is 12.4. The van der Waals surface area contributed by atoms with Crippen molar-refractivity contribution in [2.45, 2.75) is 129 Å². The maximum absolute atomic E-state index is 13.2. The van der Waals surface area contributed by atoms with Crippen molar-refractivity contribution in [3.05, 3.63) is 76.2 Å². The van der Waals surface area contributed by atoms with E-state index in [0.717, 1.165) is 47.7 Å². The van der Waals surface area contributed by atoms with Crippen molar-refractivity contribution >= 4 is 109 Å². The van der Waals surface area contributed by atoms with Gasteiger partial charge in [0, 0.05) is 52.5 Å². The SMILES string of the molecule is CC(C)CCc1c2c(cc(=O)n1Cc1nc(-c3nc(C(=O)O)cs3)cs1)C1(CC1)NC2=O.CCSC(=O)CC(=O)CCC(C)C.N.O=C(CCc1nc(-c2nc(C(=O)O)cs2)cs1)CC(=O)C1(Cl)CC1. The van der Waals surface area contributed by atoms with E-state index >= 15 is 0 Å². The number of pyridine rings is 1. The van der Waals surface area contributed by atoms with E-state index in [1.54, 1.807) is 16.0 Å². The van der Waals surface area contributed by atoms with Gasteiger partial charge >= 0.3 is 11.9 Å². The van der Waals surface area contributed by atoms with Crippen LogP contribution in [-0.4, -0.2) is 85.7 Å². The molecule has 17 nitrogen and oxygen atoms in total. The summed E-state index contributed by atoms with van der Waals surface area (Å²) in [6.45, 7) is 10.6. The molecule has 0 atom stereocenters. The van der Waals surface area contributed by atoms with Crippen molar-refractivity contribution < 1.29 is 43.8 Å². The van der Waals surface area contributed by atoms with Gasteiger partial charge in [-0.05, 0) is 68.1 Å². The zero-order chi connectivity index (χ0) is 50.2. The predicted octanol–water partition coefficient (Wildman–Crippen LogP) is 9.52. The number of aromatic nitrogens is 5. The highest BCUT2D eigenvalue weighted by Crippen LogP contribution is 2.50. The molecule has 0 bridgehead atoms. The first-order valence-electron chi connectivity index (χ1n) is 22.5. The summed E-state index contributed by atoms with van der Waals surface area (Å²) in [6.07, 6.45) is 6.71. The third kappa shape index (κ3) is 14.9. The molecule has 376 valence electrons. The second-order valence-corrected chi connectivity index (χ2v) is 23.4. The molecule has 0 radical (unpaired) electrons. The van der Waals surface area contributed by atoms with Gasteiger partial charge in [0.2, 0.25) is 0 Å². The number of fused-ring (bicyclic) bond motifs is 2. The van der Waals surface area contributed by atoms with Gasteiger partial charge < -0.3 is 26.2 Å². The minimum Gasteiger partial charge on any atom is -0.476 e. The average molecular weight is 1070 g/mol. The second-order valence-electron chi connectivity index (χ2n) is 17.8. The number of Topliss-reactive ketones (excluding diaryl/α,β-unsaturated/α-hetero) is 3. The lowest BCUT2D eigenvalue weighted by Gasteiger charge is -2.17. The van der Waals surface area contributed by atoms with E-state index in [2.05, 4.69) is 52.9 Å². The molecule has 6 N–H and O–H groups in total. The fourth-order valence-corrected chi connectivity index (χ4v) is 11.1. The number of carboxylic acids is 2. The van der Waals surface area contributed by atoms with E-state index in [1.165, 1.54) is 67.9 Å². The molecule has 3 aliphatic rings. The Morgan fingerprint density at radius 1 is 0.757 bits per heavy atom. The molecule has 0 saturated heterocycles. The first-order valence-corrected chi connectivity index (χ1v) is 27.4. The van der Waals surface area contributed by atoms with Crippen LogP contribution >= 0.6 is 68.7 Å². The lowest BCUT2D eigenvalue weighted by atomic mass is 9.97. The van der Waals surface area contributed by atoms with Crippen molar-refractivity contribution in [2.75, 3.05) is 5.75 Å². The number of halogens is 1. The number of ketones is 3. The van der Waals surface area contributed by atoms with Crippen molar-refractivity contribution in [1.29, 1.82) is 0 Å². The fourth-order valence-electron chi connectivity index (χ4n) is 7.15. The molecule has 23 heteroatoms. The van der Waals surface area contributed by atoms with Gasteiger partial charge in [0.15, 0.2) is 22.3 Å². The lowest BCUT2D eigenvalue weighted by Crippen LogP contribution is -2.27. The van der Waals surface area contributed by atoms with Gasteiger partial charge in [-0.2, -0.15) is 0 Å². The van der Waals surface area contributed by atoms with Crippen LogP contribution in [0.15, 0.2) is 32.4 Å². The molecule has 1 amide bonds. The van der Waals surface area contributed by atoms with Crippen molar-refractivity contribution in [3.8, 4) is 21.4 Å². The van der Waals surface area contributed by atoms with Gasteiger partial charge in [-0.1, -0.05) is 46.4 Å². The lowest BCUT2D eigenvalue weighted by molar-refractivity contribution is -0.127. The van der Waals surface area contributed by atoms with E-state index < -0.39 is 16.8 Å². The van der Waals surface area contributed by atoms with Crippen LogP contribution in [0.25, 0.3) is 21.4 Å². The Morgan fingerprint density at radius 3 is 1.83 bits per heavy atom. The summed E-state index contributed by atoms with van der Waals surface area (Å²) in [5, 5.41) is 30.2. The molecule has 2 aliphatic carbocycles. The Kier molecular flexibility index (Phi) is 19.6. The largest absolute Gasteiger partial charge is 0.476 e. The summed E-state index contributed by atoms with van der Waals surface area (Å²) in [5.74, 6) is -0.731. The van der Waals surface area contributed by atoms with Crippen LogP contribution in [0.5, 0.6) is 0 Å². The van der Waals surface area contributed by atoms with Crippen molar-refractivity contribution in [1.82, 2.24) is 36.0 Å². The number of amides is 1. The molecule has 0 aromatic carbocycles. The van der Waals surface area contributed by atoms with Crippen LogP contribution in [0.1, 0.15) is 151 Å². The van der Waals surface area contributed by atoms with Gasteiger partial charge in [0.05, 0.1) is 35.5 Å². The van der Waals surface area contributed by atoms with Crippen LogP contribution < -0.4 is 17.0 Å². The molecule has 2 saturated carbocycles. The third-order valence-corrected chi connectivity index (χ3v) is 16.1. The van der Waals surface area contributed by atoms with Gasteiger partial charge in [0.1, 0.15) is 42.9 Å². The highest BCUT2D eigenvalue weighted by Gasteiger charge is 2.53. The Hall–Kier alpha value is -4.84. The van der Waals surface area contributed by atoms with E-state index in [1.807, 2.05) is 12.3 Å². The number of rotatable bonds is 21. The van der Waals surface area contributed by atoms with E-state index in [0.29, 0.717) is 75.9 Å². The maximum Gasteiger partial charge on any atom is 0.355 e. The Labute approximate surface area is 429 Å². The summed E-state index contributed by atoms with van der Waals surface area (Å²) in [4.78, 5) is 110. The molecule has 6 heterocycles. The average Bonchev–Trinajstić information content (AvgIpc) is 3.74. The fraction of sp³-hybridized carbons (Fsp3) is 0.489. The molecule has 1 aliphatic heterocycles. The standard InChI is InChI=1S/C22H22N4O4S2.C15H13ClN2O4S2.C10H18O2S.H3N/c1-11(2)3-4-15-18-12(22(5-6-22)25-19(18)28)7-17(27)26(15)8-16-23-13(9-31-16)20-24-14(10-32-20)21(29)30;16-15(3-4-15)11(20)5-8(19)1-2-12-17-9(6-23-12)13-18-10(7-24-13)14(21)22;1-4-13-10(12)7-9(11)6-5-8(2)3;/h7,9-11H,3-6,8H2,1-2H3,(H,25,28)(H,29,30);6-7H,1-5H2,(H,21,22);8H,4-7H2,1-3H3;1H3. The number of thioether (sulfide) groups is 1. The number of carboxylic acid groups (broad SMARTS) is 2. The number of alkyl halides is 1. The van der Waals surface area contributed by atoms with E-state index in [-0.39, 0.29) is 82.8 Å². The number of nitrogens with one attached hydrogen (secondary N) is 1. The van der Waals surface area contributed by atoms with E-state index in [4.69, 9.17) is 21.8 Å². The number of hydrogen-bond acceptors (Lipinski definition) is 18. The Morgan fingerprint density at radius 2 is 1.31 bits per heavy atom. The zero-order valence-electron chi connectivity index (χ0n) is 39.5. The smallest absolute Gasteiger partial charge is 0.355 e. The summed E-state index contributed by atoms with van der Waals surface area (Å²) in [5.41, 5.74) is 3.02. The Bertz CT molecular complexity index is 2800. The van der Waals surface area contributed by atoms with Crippen molar-refractivity contribution in [3.63, 3.8) is 0 Å². The molecule has 0 unspecified atom stereocenters. The van der Waals surface area contributed by atoms with Gasteiger partial charge in [-0.3, -0.25) is 28.8 Å². The second kappa shape index (κ2) is 24.5. The van der Waals surface area contributed by atoms with Gasteiger partial charge in [0.25, 0.3) is 11.5 Å². The van der Waals surface area contributed by atoms with Crippen LogP contribution in [0.4, 0.5) is 0 Å². The minimum absolute atomic E-state index is 0. The maximum atomic E-state index is 13.2. The monoisotopic (exact) mass is 1070 g/mol. The minimum atomic E-state index is -1.07. The van der Waals surface area contributed by atoms with Gasteiger partial charge in [-0.15, -0.1) is 56.9 Å². The summed E-state index contributed by atoms with van der Waals surface area (Å²) < 4.78 is 1.68. The first-order chi connectivity index (χ1) is 32.7. The molecule has 5 aromatic heterocycles. The third-order valence-electron chi connectivity index (χ3n) is 11.3. The molecule has 70 heavy (non-hydrogen) atoms. The topological polar surface area (TPSA) is 281 Å². The van der Waals surface area contributed by atoms with Crippen LogP contribution in [0.2, 0.25) is 0 Å². The highest BCUT2D eigenvalue weighted by molar-refractivity contribution is 8.13.